The SMILES string of the molecule is COc1ccc2[nH]cc(C3CCN(C(=O)c4cc5c(cc4O)CCCC5)CC3)c2c1. The minimum Gasteiger partial charge on any atom is -0.507 e. The molecule has 3 aromatic rings. The topological polar surface area (TPSA) is 65.6 Å². The number of nitrogens with zero attached hydrogens (tertiary/aromatic N) is 1. The van der Waals surface area contributed by atoms with E-state index in [9.17, 15) is 9.90 Å². The number of carbonyl (C=O) groups is 1. The zero-order chi connectivity index (χ0) is 20.7. The fraction of sp³-hybridized carbons (Fsp3) is 0.400. The third kappa shape index (κ3) is 3.32. The van der Waals surface area contributed by atoms with Crippen LogP contribution in [0.5, 0.6) is 11.5 Å². The van der Waals surface area contributed by atoms with Gasteiger partial charge in [0.25, 0.3) is 5.91 Å². The molecule has 0 bridgehead atoms. The molecule has 0 unspecified atom stereocenters. The number of likely N-dealkylation sites (tertiary alicyclic amines) is 1. The molecule has 5 rings (SSSR count). The van der Waals surface area contributed by atoms with Crippen molar-refractivity contribution in [2.45, 2.75) is 44.4 Å². The first-order valence-electron chi connectivity index (χ1n) is 10.9. The Kier molecular flexibility index (Phi) is 4.89. The van der Waals surface area contributed by atoms with Crippen LogP contribution >= 0.6 is 0 Å². The molecule has 1 aliphatic carbocycles. The second kappa shape index (κ2) is 7.71. The molecule has 0 radical (unpaired) electrons. The molecule has 0 saturated carbocycles. The summed E-state index contributed by atoms with van der Waals surface area (Å²) in [7, 11) is 1.69. The predicted octanol–water partition coefficient (Wildman–Crippen LogP) is 4.78. The van der Waals surface area contributed by atoms with Gasteiger partial charge in [-0.2, -0.15) is 0 Å². The van der Waals surface area contributed by atoms with E-state index in [1.165, 1.54) is 22.1 Å². The molecule has 2 aliphatic rings. The van der Waals surface area contributed by atoms with Crippen LogP contribution in [0.25, 0.3) is 10.9 Å². The number of benzene rings is 2. The molecular formula is C25H28N2O3. The summed E-state index contributed by atoms with van der Waals surface area (Å²) >= 11 is 0. The lowest BCUT2D eigenvalue weighted by atomic mass is 9.88. The number of phenols is 1. The summed E-state index contributed by atoms with van der Waals surface area (Å²) in [6.45, 7) is 1.41. The molecule has 2 heterocycles. The molecule has 0 spiro atoms. The Morgan fingerprint density at radius 3 is 2.57 bits per heavy atom. The van der Waals surface area contributed by atoms with Crippen LogP contribution in [-0.4, -0.2) is 41.1 Å². The Balaban J connectivity index is 1.32. The van der Waals surface area contributed by atoms with Crippen molar-refractivity contribution in [1.82, 2.24) is 9.88 Å². The van der Waals surface area contributed by atoms with Gasteiger partial charge in [0.1, 0.15) is 11.5 Å². The van der Waals surface area contributed by atoms with Crippen molar-refractivity contribution < 1.29 is 14.6 Å². The average Bonchev–Trinajstić information content (AvgIpc) is 3.21. The van der Waals surface area contributed by atoms with Gasteiger partial charge in [-0.05, 0) is 91.5 Å². The summed E-state index contributed by atoms with van der Waals surface area (Å²) in [6, 6.07) is 9.85. The van der Waals surface area contributed by atoms with Gasteiger partial charge >= 0.3 is 0 Å². The monoisotopic (exact) mass is 404 g/mol. The first-order valence-corrected chi connectivity index (χ1v) is 10.9. The van der Waals surface area contributed by atoms with Gasteiger partial charge < -0.3 is 19.7 Å². The summed E-state index contributed by atoms with van der Waals surface area (Å²) in [5.74, 6) is 1.36. The number of ether oxygens (including phenoxy) is 1. The highest BCUT2D eigenvalue weighted by molar-refractivity contribution is 5.97. The van der Waals surface area contributed by atoms with Gasteiger partial charge in [-0.3, -0.25) is 4.79 Å². The van der Waals surface area contributed by atoms with E-state index in [4.69, 9.17) is 4.74 Å². The first kappa shape index (κ1) is 19.0. The number of methoxy groups -OCH3 is 1. The molecule has 1 fully saturated rings. The number of nitrogens with one attached hydrogen (secondary N) is 1. The minimum absolute atomic E-state index is 0.0417. The molecular weight excluding hydrogens is 376 g/mol. The summed E-state index contributed by atoms with van der Waals surface area (Å²) < 4.78 is 5.39. The highest BCUT2D eigenvalue weighted by atomic mass is 16.5. The number of hydrogen-bond donors (Lipinski definition) is 2. The third-order valence-corrected chi connectivity index (χ3v) is 6.83. The summed E-state index contributed by atoms with van der Waals surface area (Å²) in [5.41, 5.74) is 5.30. The molecule has 30 heavy (non-hydrogen) atoms. The molecule has 156 valence electrons. The normalized spacial score (nSPS) is 17.2. The molecule has 1 saturated heterocycles. The summed E-state index contributed by atoms with van der Waals surface area (Å²) in [5, 5.41) is 11.7. The molecule has 1 amide bonds. The number of aromatic hydroxyl groups is 1. The fourth-order valence-electron chi connectivity index (χ4n) is 5.09. The van der Waals surface area contributed by atoms with Crippen molar-refractivity contribution in [3.8, 4) is 11.5 Å². The maximum absolute atomic E-state index is 13.1. The smallest absolute Gasteiger partial charge is 0.257 e. The number of aromatic nitrogens is 1. The van der Waals surface area contributed by atoms with E-state index < -0.39 is 0 Å². The van der Waals surface area contributed by atoms with Gasteiger partial charge in [0, 0.05) is 30.2 Å². The number of piperidine rings is 1. The van der Waals surface area contributed by atoms with Crippen LogP contribution in [0.1, 0.15) is 58.6 Å². The number of rotatable bonds is 3. The van der Waals surface area contributed by atoms with Gasteiger partial charge in [0.15, 0.2) is 0 Å². The number of aromatic amines is 1. The van der Waals surface area contributed by atoms with E-state index >= 15 is 0 Å². The quantitative estimate of drug-likeness (QED) is 0.660. The molecule has 2 aromatic carbocycles. The van der Waals surface area contributed by atoms with Crippen molar-refractivity contribution >= 4 is 16.8 Å². The second-order valence-corrected chi connectivity index (χ2v) is 8.57. The zero-order valence-electron chi connectivity index (χ0n) is 17.4. The van der Waals surface area contributed by atoms with Crippen LogP contribution in [0.4, 0.5) is 0 Å². The number of hydrogen-bond acceptors (Lipinski definition) is 3. The number of fused-ring (bicyclic) bond motifs is 2. The maximum Gasteiger partial charge on any atom is 0.257 e. The molecule has 5 nitrogen and oxygen atoms in total. The maximum atomic E-state index is 13.1. The summed E-state index contributed by atoms with van der Waals surface area (Å²) in [4.78, 5) is 18.4. The Morgan fingerprint density at radius 2 is 1.83 bits per heavy atom. The Labute approximate surface area is 176 Å². The van der Waals surface area contributed by atoms with Crippen molar-refractivity contribution in [3.63, 3.8) is 0 Å². The van der Waals surface area contributed by atoms with Gasteiger partial charge in [-0.15, -0.1) is 0 Å². The average molecular weight is 405 g/mol. The van der Waals surface area contributed by atoms with Crippen LogP contribution < -0.4 is 4.74 Å². The summed E-state index contributed by atoms with van der Waals surface area (Å²) in [6.07, 6.45) is 8.25. The van der Waals surface area contributed by atoms with Crippen molar-refractivity contribution in [2.24, 2.45) is 0 Å². The van der Waals surface area contributed by atoms with Gasteiger partial charge in [-0.25, -0.2) is 0 Å². The zero-order valence-corrected chi connectivity index (χ0v) is 17.4. The number of amides is 1. The Bertz CT molecular complexity index is 1090. The third-order valence-electron chi connectivity index (χ3n) is 6.83. The molecule has 5 heteroatoms. The Morgan fingerprint density at radius 1 is 1.10 bits per heavy atom. The fourth-order valence-corrected chi connectivity index (χ4v) is 5.09. The van der Waals surface area contributed by atoms with E-state index in [1.807, 2.05) is 23.1 Å². The van der Waals surface area contributed by atoms with Crippen LogP contribution in [0.15, 0.2) is 36.5 Å². The first-order chi connectivity index (χ1) is 14.6. The number of H-pyrrole nitrogens is 1. The highest BCUT2D eigenvalue weighted by Gasteiger charge is 2.28. The molecule has 0 atom stereocenters. The standard InChI is InChI=1S/C25H28N2O3/c1-30-19-6-7-23-20(14-19)22(15-26-23)16-8-10-27(11-9-16)25(29)21-12-17-4-2-3-5-18(17)13-24(21)28/h6-7,12-16,26,28H,2-5,8-11H2,1H3. The highest BCUT2D eigenvalue weighted by Crippen LogP contribution is 2.36. The van der Waals surface area contributed by atoms with E-state index in [0.717, 1.165) is 49.8 Å². The van der Waals surface area contributed by atoms with E-state index in [1.54, 1.807) is 7.11 Å². The number of aryl methyl sites for hydroxylation is 2. The molecule has 1 aromatic heterocycles. The van der Waals surface area contributed by atoms with Crippen LogP contribution in [-0.2, 0) is 12.8 Å². The van der Waals surface area contributed by atoms with Crippen LogP contribution in [0, 0.1) is 0 Å². The second-order valence-electron chi connectivity index (χ2n) is 8.57. The lowest BCUT2D eigenvalue weighted by Gasteiger charge is -2.32. The van der Waals surface area contributed by atoms with Gasteiger partial charge in [0.2, 0.25) is 0 Å². The predicted molar refractivity (Wildman–Crippen MR) is 117 cm³/mol. The van der Waals surface area contributed by atoms with Crippen molar-refractivity contribution in [2.75, 3.05) is 20.2 Å². The van der Waals surface area contributed by atoms with E-state index in [2.05, 4.69) is 23.3 Å². The Hall–Kier alpha value is -2.95. The lowest BCUT2D eigenvalue weighted by Crippen LogP contribution is -2.38. The molecule has 2 N–H and O–H groups in total. The minimum atomic E-state index is -0.0417. The molecule has 1 aliphatic heterocycles. The largest absolute Gasteiger partial charge is 0.507 e. The van der Waals surface area contributed by atoms with Gasteiger partial charge in [-0.1, -0.05) is 0 Å². The number of phenolic OH excluding ortho intramolecular Hbond substituents is 1. The van der Waals surface area contributed by atoms with Crippen LogP contribution in [0.2, 0.25) is 0 Å². The lowest BCUT2D eigenvalue weighted by molar-refractivity contribution is 0.0710. The van der Waals surface area contributed by atoms with E-state index in [-0.39, 0.29) is 11.7 Å². The van der Waals surface area contributed by atoms with Crippen molar-refractivity contribution in [1.29, 1.82) is 0 Å². The van der Waals surface area contributed by atoms with Crippen molar-refractivity contribution in [3.05, 3.63) is 58.8 Å². The van der Waals surface area contributed by atoms with Gasteiger partial charge in [0.05, 0.1) is 12.7 Å². The van der Waals surface area contributed by atoms with E-state index in [0.29, 0.717) is 24.6 Å². The van der Waals surface area contributed by atoms with Crippen LogP contribution in [0.3, 0.4) is 0 Å². The number of carbonyl (C=O) groups excluding carboxylic acids is 1.